The Balaban J connectivity index is 1.51. The smallest absolute Gasteiger partial charge is 0.0258 e. The molecule has 0 aromatic carbocycles. The van der Waals surface area contributed by atoms with Crippen molar-refractivity contribution in [1.29, 1.82) is 0 Å². The van der Waals surface area contributed by atoms with Crippen molar-refractivity contribution in [2.45, 2.75) is 120 Å². The van der Waals surface area contributed by atoms with Crippen LogP contribution >= 0.6 is 0 Å². The van der Waals surface area contributed by atoms with E-state index in [0.717, 1.165) is 47.3 Å². The van der Waals surface area contributed by atoms with Crippen LogP contribution in [0.2, 0.25) is 0 Å². The average Bonchev–Trinajstić information content (AvgIpc) is 2.98. The highest BCUT2D eigenvalue weighted by Gasteiger charge is 2.67. The van der Waals surface area contributed by atoms with Crippen molar-refractivity contribution in [1.82, 2.24) is 0 Å². The summed E-state index contributed by atoms with van der Waals surface area (Å²) < 4.78 is 0. The summed E-state index contributed by atoms with van der Waals surface area (Å²) in [5.41, 5.74) is 2.41. The molecule has 5 aliphatic rings. The van der Waals surface area contributed by atoms with Crippen molar-refractivity contribution in [3.8, 4) is 0 Å². The van der Waals surface area contributed by atoms with Crippen molar-refractivity contribution >= 4 is 0 Å². The Hall–Kier alpha value is 0. The minimum Gasteiger partial charge on any atom is -0.0625 e. The minimum atomic E-state index is 0.566. The van der Waals surface area contributed by atoms with Crippen LogP contribution in [0.3, 0.4) is 0 Å². The Bertz CT molecular complexity index is 674. The van der Waals surface area contributed by atoms with Gasteiger partial charge in [0.2, 0.25) is 0 Å². The van der Waals surface area contributed by atoms with Crippen LogP contribution in [-0.4, -0.2) is 0 Å². The summed E-state index contributed by atoms with van der Waals surface area (Å²) in [5, 5.41) is 0. The molecule has 0 aromatic rings. The summed E-state index contributed by atoms with van der Waals surface area (Å²) in [4.78, 5) is 0. The standard InChI is InChI=1S/C30H52/c1-19(2)21-12-16-28(6)22-10-11-25-29(7)15-9-14-27(4,5)24(29)13-17-30(25,8)26(22)20(3)18-23(21)28/h19-26H,9-18H2,1-8H3/t20-,21+,22-,23+,24-,25+,26+,28+,29-,30+/m0/s1. The van der Waals surface area contributed by atoms with E-state index in [9.17, 15) is 0 Å². The molecule has 0 amide bonds. The van der Waals surface area contributed by atoms with Gasteiger partial charge in [0.05, 0.1) is 0 Å². The van der Waals surface area contributed by atoms with Gasteiger partial charge in [-0.25, -0.2) is 0 Å². The van der Waals surface area contributed by atoms with Crippen LogP contribution in [0.25, 0.3) is 0 Å². The molecule has 0 unspecified atom stereocenters. The predicted octanol–water partition coefficient (Wildman–Crippen LogP) is 8.99. The van der Waals surface area contributed by atoms with E-state index in [1.807, 2.05) is 0 Å². The van der Waals surface area contributed by atoms with Crippen molar-refractivity contribution in [3.05, 3.63) is 0 Å². The molecule has 0 saturated heterocycles. The molecule has 5 aliphatic carbocycles. The number of rotatable bonds is 1. The van der Waals surface area contributed by atoms with Gasteiger partial charge in [-0.2, -0.15) is 0 Å². The molecule has 0 aliphatic heterocycles. The lowest BCUT2D eigenvalue weighted by atomic mass is 9.35. The van der Waals surface area contributed by atoms with E-state index in [1.54, 1.807) is 12.8 Å². The molecule has 5 saturated carbocycles. The van der Waals surface area contributed by atoms with Crippen LogP contribution in [0.15, 0.2) is 0 Å². The molecule has 5 fully saturated rings. The van der Waals surface area contributed by atoms with Gasteiger partial charge in [-0.1, -0.05) is 61.8 Å². The van der Waals surface area contributed by atoms with Gasteiger partial charge in [0.15, 0.2) is 0 Å². The third-order valence-electron chi connectivity index (χ3n) is 13.1. The predicted molar refractivity (Wildman–Crippen MR) is 129 cm³/mol. The topological polar surface area (TPSA) is 0 Å². The molecule has 0 nitrogen and oxygen atoms in total. The Morgan fingerprint density at radius 3 is 2.07 bits per heavy atom. The normalized spacial score (nSPS) is 57.3. The zero-order chi connectivity index (χ0) is 21.7. The van der Waals surface area contributed by atoms with E-state index in [0.29, 0.717) is 21.7 Å². The van der Waals surface area contributed by atoms with E-state index in [-0.39, 0.29) is 0 Å². The highest BCUT2D eigenvalue weighted by Crippen LogP contribution is 2.74. The summed E-state index contributed by atoms with van der Waals surface area (Å²) >= 11 is 0. The molecule has 0 heterocycles. The SMILES string of the molecule is CC(C)[C@H]1CC[C@@]2(C)[C@@H]1C[C@H](C)[C@@H]1[C@@H]2CC[C@H]2[C@@]1(C)CC[C@H]1C(C)(C)CCC[C@]21C. The molecular weight excluding hydrogens is 360 g/mol. The largest absolute Gasteiger partial charge is 0.0625 e. The first kappa shape index (κ1) is 21.8. The Morgan fingerprint density at radius 1 is 0.667 bits per heavy atom. The molecule has 0 heteroatoms. The number of fused-ring (bicyclic) bond motifs is 7. The van der Waals surface area contributed by atoms with E-state index in [2.05, 4.69) is 55.4 Å². The molecule has 0 N–H and O–H groups in total. The summed E-state index contributed by atoms with van der Waals surface area (Å²) in [7, 11) is 0. The highest BCUT2D eigenvalue weighted by atomic mass is 14.7. The zero-order valence-electron chi connectivity index (χ0n) is 21.7. The molecule has 30 heavy (non-hydrogen) atoms. The lowest BCUT2D eigenvalue weighted by Gasteiger charge is -2.70. The van der Waals surface area contributed by atoms with E-state index >= 15 is 0 Å². The van der Waals surface area contributed by atoms with Crippen molar-refractivity contribution in [2.75, 3.05) is 0 Å². The Labute approximate surface area is 188 Å². The van der Waals surface area contributed by atoms with Gasteiger partial charge in [0.1, 0.15) is 0 Å². The molecule has 172 valence electrons. The number of hydrogen-bond acceptors (Lipinski definition) is 0. The Kier molecular flexibility index (Phi) is 4.92. The van der Waals surface area contributed by atoms with Gasteiger partial charge >= 0.3 is 0 Å². The molecule has 5 rings (SSSR count). The number of hydrogen-bond donors (Lipinski definition) is 0. The average molecular weight is 413 g/mol. The second kappa shape index (κ2) is 6.76. The van der Waals surface area contributed by atoms with Gasteiger partial charge in [0, 0.05) is 0 Å². The van der Waals surface area contributed by atoms with Crippen LogP contribution in [0.4, 0.5) is 0 Å². The van der Waals surface area contributed by atoms with E-state index < -0.39 is 0 Å². The first-order valence-electron chi connectivity index (χ1n) is 13.9. The monoisotopic (exact) mass is 412 g/mol. The van der Waals surface area contributed by atoms with Crippen molar-refractivity contribution in [3.63, 3.8) is 0 Å². The Morgan fingerprint density at radius 2 is 1.37 bits per heavy atom. The lowest BCUT2D eigenvalue weighted by molar-refractivity contribution is -0.214. The quantitative estimate of drug-likeness (QED) is 0.403. The first-order chi connectivity index (χ1) is 13.9. The highest BCUT2D eigenvalue weighted by molar-refractivity contribution is 5.16. The van der Waals surface area contributed by atoms with Crippen LogP contribution in [0.5, 0.6) is 0 Å². The van der Waals surface area contributed by atoms with Crippen LogP contribution in [0.1, 0.15) is 120 Å². The second-order valence-electron chi connectivity index (χ2n) is 15.0. The van der Waals surface area contributed by atoms with Gasteiger partial charge in [-0.15, -0.1) is 0 Å². The molecule has 0 radical (unpaired) electrons. The molecular formula is C30H52. The summed E-state index contributed by atoms with van der Waals surface area (Å²) in [6.45, 7) is 21.3. The van der Waals surface area contributed by atoms with Crippen LogP contribution < -0.4 is 0 Å². The second-order valence-corrected chi connectivity index (χ2v) is 15.0. The van der Waals surface area contributed by atoms with Crippen LogP contribution in [0, 0.1) is 69.0 Å². The maximum atomic E-state index is 2.81. The molecule has 0 aromatic heterocycles. The van der Waals surface area contributed by atoms with E-state index in [1.165, 1.54) is 51.4 Å². The van der Waals surface area contributed by atoms with Gasteiger partial charge in [-0.3, -0.25) is 0 Å². The summed E-state index contributed by atoms with van der Waals surface area (Å²) in [5.74, 6) is 7.77. The summed E-state index contributed by atoms with van der Waals surface area (Å²) in [6, 6.07) is 0. The zero-order valence-corrected chi connectivity index (χ0v) is 21.7. The van der Waals surface area contributed by atoms with Crippen LogP contribution in [-0.2, 0) is 0 Å². The van der Waals surface area contributed by atoms with Gasteiger partial charge < -0.3 is 0 Å². The third kappa shape index (κ3) is 2.70. The van der Waals surface area contributed by atoms with Gasteiger partial charge in [0.25, 0.3) is 0 Å². The fourth-order valence-electron chi connectivity index (χ4n) is 12.1. The van der Waals surface area contributed by atoms with Gasteiger partial charge in [-0.05, 0) is 127 Å². The molecule has 0 spiro atoms. The molecule has 10 atom stereocenters. The minimum absolute atomic E-state index is 0.566. The fourth-order valence-corrected chi connectivity index (χ4v) is 12.1. The first-order valence-corrected chi connectivity index (χ1v) is 13.9. The molecule has 0 bridgehead atoms. The lowest BCUT2D eigenvalue weighted by Crippen LogP contribution is -2.63. The summed E-state index contributed by atoms with van der Waals surface area (Å²) in [6.07, 6.45) is 15.2. The fraction of sp³-hybridized carbons (Fsp3) is 1.00. The van der Waals surface area contributed by atoms with Crippen molar-refractivity contribution < 1.29 is 0 Å². The maximum absolute atomic E-state index is 2.81. The van der Waals surface area contributed by atoms with Crippen molar-refractivity contribution in [2.24, 2.45) is 69.0 Å². The third-order valence-corrected chi connectivity index (χ3v) is 13.1. The maximum Gasteiger partial charge on any atom is -0.0258 e. The van der Waals surface area contributed by atoms with E-state index in [4.69, 9.17) is 0 Å².